The van der Waals surface area contributed by atoms with Crippen molar-refractivity contribution >= 4 is 41.3 Å². The summed E-state index contributed by atoms with van der Waals surface area (Å²) in [6, 6.07) is 2.14. The Labute approximate surface area is 137 Å². The molecule has 0 aliphatic carbocycles. The first-order chi connectivity index (χ1) is 8.77. The van der Waals surface area contributed by atoms with Crippen LogP contribution in [0.3, 0.4) is 0 Å². The Bertz CT molecular complexity index is 369. The highest BCUT2D eigenvalue weighted by Gasteiger charge is 2.01. The fourth-order valence-corrected chi connectivity index (χ4v) is 2.34. The van der Waals surface area contributed by atoms with Crippen molar-refractivity contribution in [3.63, 3.8) is 0 Å². The van der Waals surface area contributed by atoms with Crippen molar-refractivity contribution in [1.82, 2.24) is 10.6 Å². The van der Waals surface area contributed by atoms with Gasteiger partial charge in [-0.2, -0.15) is 0 Å². The Morgan fingerprint density at radius 1 is 1.42 bits per heavy atom. The van der Waals surface area contributed by atoms with E-state index in [-0.39, 0.29) is 24.0 Å². The van der Waals surface area contributed by atoms with Crippen LogP contribution in [0.25, 0.3) is 0 Å². The molecule has 0 aromatic carbocycles. The first-order valence-electron chi connectivity index (χ1n) is 6.33. The maximum absolute atomic E-state index is 5.28. The standard InChI is InChI=1S/C13H23N3OS.HI/c1-4-17-8-5-7-15-13(14-3)16-10-12-11(2)6-9-18-12;/h6,9H,4-5,7-8,10H2,1-3H3,(H2,14,15,16);1H. The number of hydrogen-bond acceptors (Lipinski definition) is 3. The summed E-state index contributed by atoms with van der Waals surface area (Å²) in [6.45, 7) is 7.43. The minimum Gasteiger partial charge on any atom is -0.382 e. The number of guanidine groups is 1. The van der Waals surface area contributed by atoms with Gasteiger partial charge in [0.2, 0.25) is 0 Å². The summed E-state index contributed by atoms with van der Waals surface area (Å²) in [6.07, 6.45) is 0.993. The first kappa shape index (κ1) is 18.7. The van der Waals surface area contributed by atoms with Crippen molar-refractivity contribution in [2.75, 3.05) is 26.8 Å². The summed E-state index contributed by atoms with van der Waals surface area (Å²) in [5.74, 6) is 0.847. The zero-order valence-corrected chi connectivity index (χ0v) is 15.0. The van der Waals surface area contributed by atoms with Crippen LogP contribution < -0.4 is 10.6 Å². The van der Waals surface area contributed by atoms with E-state index < -0.39 is 0 Å². The minimum atomic E-state index is 0. The largest absolute Gasteiger partial charge is 0.382 e. The van der Waals surface area contributed by atoms with E-state index in [1.807, 2.05) is 6.92 Å². The van der Waals surface area contributed by atoms with Gasteiger partial charge in [-0.05, 0) is 37.3 Å². The van der Waals surface area contributed by atoms with Gasteiger partial charge in [0.05, 0.1) is 6.54 Å². The summed E-state index contributed by atoms with van der Waals surface area (Å²) in [7, 11) is 1.79. The minimum absolute atomic E-state index is 0. The molecule has 4 nitrogen and oxygen atoms in total. The Hall–Kier alpha value is -0.340. The molecule has 0 aliphatic heterocycles. The second-order valence-electron chi connectivity index (χ2n) is 3.93. The van der Waals surface area contributed by atoms with Gasteiger partial charge in [-0.3, -0.25) is 4.99 Å². The van der Waals surface area contributed by atoms with Crippen LogP contribution in [0.4, 0.5) is 0 Å². The molecule has 0 amide bonds. The van der Waals surface area contributed by atoms with Crippen LogP contribution in [0.2, 0.25) is 0 Å². The van der Waals surface area contributed by atoms with Gasteiger partial charge < -0.3 is 15.4 Å². The molecule has 6 heteroatoms. The van der Waals surface area contributed by atoms with E-state index in [0.29, 0.717) is 0 Å². The molecule has 0 aliphatic rings. The molecular weight excluding hydrogens is 373 g/mol. The summed E-state index contributed by atoms with van der Waals surface area (Å²) in [5.41, 5.74) is 1.33. The summed E-state index contributed by atoms with van der Waals surface area (Å²) >= 11 is 1.77. The lowest BCUT2D eigenvalue weighted by molar-refractivity contribution is 0.145. The van der Waals surface area contributed by atoms with Crippen LogP contribution in [-0.4, -0.2) is 32.8 Å². The number of rotatable bonds is 7. The lowest BCUT2D eigenvalue weighted by Gasteiger charge is -2.11. The molecule has 110 valence electrons. The van der Waals surface area contributed by atoms with Gasteiger partial charge in [-0.25, -0.2) is 0 Å². The normalized spacial score (nSPS) is 11.0. The van der Waals surface area contributed by atoms with E-state index in [1.54, 1.807) is 18.4 Å². The highest BCUT2D eigenvalue weighted by molar-refractivity contribution is 14.0. The maximum Gasteiger partial charge on any atom is 0.191 e. The highest BCUT2D eigenvalue weighted by Crippen LogP contribution is 2.14. The monoisotopic (exact) mass is 397 g/mol. The Balaban J connectivity index is 0.00000324. The number of aliphatic imine (C=N–C) groups is 1. The molecule has 1 rings (SSSR count). The van der Waals surface area contributed by atoms with Gasteiger partial charge in [0.15, 0.2) is 5.96 Å². The number of thiophene rings is 1. The summed E-state index contributed by atoms with van der Waals surface area (Å²) < 4.78 is 5.28. The van der Waals surface area contributed by atoms with Crippen molar-refractivity contribution in [3.8, 4) is 0 Å². The van der Waals surface area contributed by atoms with Crippen LogP contribution in [0.15, 0.2) is 16.4 Å². The van der Waals surface area contributed by atoms with Crippen LogP contribution >= 0.6 is 35.3 Å². The van der Waals surface area contributed by atoms with E-state index >= 15 is 0 Å². The zero-order chi connectivity index (χ0) is 13.2. The number of nitrogens with zero attached hydrogens (tertiary/aromatic N) is 1. The van der Waals surface area contributed by atoms with Crippen LogP contribution in [0.1, 0.15) is 23.8 Å². The molecule has 0 bridgehead atoms. The third kappa shape index (κ3) is 7.74. The van der Waals surface area contributed by atoms with Gasteiger partial charge in [0.25, 0.3) is 0 Å². The quantitative estimate of drug-likeness (QED) is 0.322. The summed E-state index contributed by atoms with van der Waals surface area (Å²) in [5, 5.41) is 8.70. The zero-order valence-electron chi connectivity index (χ0n) is 11.9. The number of nitrogens with one attached hydrogen (secondary N) is 2. The lowest BCUT2D eigenvalue weighted by Crippen LogP contribution is -2.37. The topological polar surface area (TPSA) is 45.6 Å². The molecular formula is C13H24IN3OS. The molecule has 0 radical (unpaired) electrons. The Morgan fingerprint density at radius 2 is 2.21 bits per heavy atom. The van der Waals surface area contributed by atoms with Gasteiger partial charge >= 0.3 is 0 Å². The smallest absolute Gasteiger partial charge is 0.191 e. The molecule has 0 spiro atoms. The van der Waals surface area contributed by atoms with Gasteiger partial charge in [0.1, 0.15) is 0 Å². The van der Waals surface area contributed by atoms with Gasteiger partial charge in [-0.15, -0.1) is 35.3 Å². The molecule has 1 aromatic rings. The molecule has 0 saturated heterocycles. The Morgan fingerprint density at radius 3 is 2.79 bits per heavy atom. The average Bonchev–Trinajstić information content (AvgIpc) is 2.78. The predicted molar refractivity (Wildman–Crippen MR) is 93.8 cm³/mol. The van der Waals surface area contributed by atoms with Crippen LogP contribution in [0.5, 0.6) is 0 Å². The number of halogens is 1. The molecule has 0 unspecified atom stereocenters. The van der Waals surface area contributed by atoms with Crippen molar-refractivity contribution in [1.29, 1.82) is 0 Å². The predicted octanol–water partition coefficient (Wildman–Crippen LogP) is 2.77. The number of aryl methyl sites for hydroxylation is 1. The SMILES string of the molecule is CCOCCCNC(=NC)NCc1sccc1C.I. The molecule has 2 N–H and O–H groups in total. The first-order valence-corrected chi connectivity index (χ1v) is 7.21. The third-order valence-electron chi connectivity index (χ3n) is 2.57. The fraction of sp³-hybridized carbons (Fsp3) is 0.615. The van der Waals surface area contributed by atoms with E-state index in [9.17, 15) is 0 Å². The molecule has 0 saturated carbocycles. The molecule has 0 atom stereocenters. The van der Waals surface area contributed by atoms with E-state index in [1.165, 1.54) is 10.4 Å². The maximum atomic E-state index is 5.28. The molecule has 1 aromatic heterocycles. The van der Waals surface area contributed by atoms with Crippen molar-refractivity contribution < 1.29 is 4.74 Å². The van der Waals surface area contributed by atoms with Crippen molar-refractivity contribution in [3.05, 3.63) is 21.9 Å². The molecule has 1 heterocycles. The second kappa shape index (κ2) is 11.5. The number of ether oxygens (including phenoxy) is 1. The number of hydrogen-bond donors (Lipinski definition) is 2. The van der Waals surface area contributed by atoms with Gasteiger partial charge in [-0.1, -0.05) is 0 Å². The molecule has 0 fully saturated rings. The van der Waals surface area contributed by atoms with Crippen LogP contribution in [-0.2, 0) is 11.3 Å². The summed E-state index contributed by atoms with van der Waals surface area (Å²) in [4.78, 5) is 5.55. The van der Waals surface area contributed by atoms with E-state index in [4.69, 9.17) is 4.74 Å². The lowest BCUT2D eigenvalue weighted by atomic mass is 10.3. The van der Waals surface area contributed by atoms with E-state index in [0.717, 1.165) is 38.7 Å². The van der Waals surface area contributed by atoms with Crippen LogP contribution in [0, 0.1) is 6.92 Å². The highest BCUT2D eigenvalue weighted by atomic mass is 127. The third-order valence-corrected chi connectivity index (χ3v) is 3.59. The Kier molecular flexibility index (Phi) is 11.3. The van der Waals surface area contributed by atoms with Crippen molar-refractivity contribution in [2.24, 2.45) is 4.99 Å². The van der Waals surface area contributed by atoms with Crippen molar-refractivity contribution in [2.45, 2.75) is 26.8 Å². The average molecular weight is 397 g/mol. The van der Waals surface area contributed by atoms with Gasteiger partial charge in [0, 0.05) is 31.7 Å². The second-order valence-corrected chi connectivity index (χ2v) is 4.93. The fourth-order valence-electron chi connectivity index (χ4n) is 1.50. The molecule has 19 heavy (non-hydrogen) atoms. The van der Waals surface area contributed by atoms with E-state index in [2.05, 4.69) is 34.0 Å².